The molecule has 0 radical (unpaired) electrons. The summed E-state index contributed by atoms with van der Waals surface area (Å²) >= 11 is 1.81. The Morgan fingerprint density at radius 1 is 1.63 bits per heavy atom. The van der Waals surface area contributed by atoms with E-state index in [1.807, 2.05) is 11.8 Å². The number of anilines is 2. The Bertz CT molecular complexity index is 426. The van der Waals surface area contributed by atoms with Crippen LogP contribution in [0, 0.1) is 0 Å². The molecule has 0 amide bonds. The fourth-order valence-electron chi connectivity index (χ4n) is 1.52. The van der Waals surface area contributed by atoms with Crippen LogP contribution in [0.25, 0.3) is 0 Å². The second-order valence-electron chi connectivity index (χ2n) is 4.14. The molecule has 0 saturated heterocycles. The average Bonchev–Trinajstić information content (AvgIpc) is 2.40. The van der Waals surface area contributed by atoms with E-state index in [4.69, 9.17) is 10.5 Å². The van der Waals surface area contributed by atoms with Gasteiger partial charge in [-0.2, -0.15) is 11.8 Å². The van der Waals surface area contributed by atoms with Crippen LogP contribution in [0.5, 0.6) is 0 Å². The van der Waals surface area contributed by atoms with Crippen molar-refractivity contribution in [2.45, 2.75) is 25.5 Å². The lowest BCUT2D eigenvalue weighted by Crippen LogP contribution is -2.13. The molecule has 1 aromatic heterocycles. The van der Waals surface area contributed by atoms with Crippen molar-refractivity contribution in [1.29, 1.82) is 0 Å². The SMILES string of the molecule is CCOC(=O)c1cc(N)ncc1NCCC(C)SC. The number of esters is 1. The van der Waals surface area contributed by atoms with Gasteiger partial charge in [-0.25, -0.2) is 9.78 Å². The third kappa shape index (κ3) is 4.98. The van der Waals surface area contributed by atoms with Gasteiger partial charge in [0.2, 0.25) is 0 Å². The molecule has 5 nitrogen and oxygen atoms in total. The highest BCUT2D eigenvalue weighted by molar-refractivity contribution is 7.99. The summed E-state index contributed by atoms with van der Waals surface area (Å²) in [6, 6.07) is 1.54. The molecule has 0 aliphatic carbocycles. The molecule has 3 N–H and O–H groups in total. The maximum Gasteiger partial charge on any atom is 0.340 e. The molecule has 1 atom stereocenters. The van der Waals surface area contributed by atoms with Crippen LogP contribution in [-0.2, 0) is 4.74 Å². The summed E-state index contributed by atoms with van der Waals surface area (Å²) in [5.74, 6) is -0.0666. The first-order valence-corrected chi connectivity index (χ1v) is 7.56. The lowest BCUT2D eigenvalue weighted by Gasteiger charge is -2.13. The highest BCUT2D eigenvalue weighted by Crippen LogP contribution is 2.18. The number of hydrogen-bond acceptors (Lipinski definition) is 6. The molecule has 19 heavy (non-hydrogen) atoms. The van der Waals surface area contributed by atoms with Crippen molar-refractivity contribution in [3.8, 4) is 0 Å². The number of nitrogens with zero attached hydrogens (tertiary/aromatic N) is 1. The molecule has 0 bridgehead atoms. The Morgan fingerprint density at radius 2 is 2.37 bits per heavy atom. The van der Waals surface area contributed by atoms with Gasteiger partial charge in [-0.3, -0.25) is 0 Å². The van der Waals surface area contributed by atoms with Crippen molar-refractivity contribution in [3.05, 3.63) is 17.8 Å². The molecule has 0 fully saturated rings. The van der Waals surface area contributed by atoms with E-state index in [1.54, 1.807) is 19.2 Å². The molecule has 1 aromatic rings. The van der Waals surface area contributed by atoms with Crippen molar-refractivity contribution in [2.75, 3.05) is 30.5 Å². The second-order valence-corrected chi connectivity index (χ2v) is 5.41. The number of nitrogens with two attached hydrogens (primary N) is 1. The lowest BCUT2D eigenvalue weighted by atomic mass is 10.2. The molecule has 0 spiro atoms. The zero-order chi connectivity index (χ0) is 14.3. The number of pyridine rings is 1. The van der Waals surface area contributed by atoms with Crippen LogP contribution in [0.15, 0.2) is 12.3 Å². The lowest BCUT2D eigenvalue weighted by molar-refractivity contribution is 0.0527. The van der Waals surface area contributed by atoms with E-state index in [9.17, 15) is 4.79 Å². The molecule has 0 aromatic carbocycles. The minimum atomic E-state index is -0.378. The third-order valence-electron chi connectivity index (χ3n) is 2.69. The van der Waals surface area contributed by atoms with Gasteiger partial charge in [0.15, 0.2) is 0 Å². The minimum Gasteiger partial charge on any atom is -0.462 e. The van der Waals surface area contributed by atoms with Crippen LogP contribution in [0.2, 0.25) is 0 Å². The molecular weight excluding hydrogens is 262 g/mol. The first kappa shape index (κ1) is 15.6. The first-order valence-electron chi connectivity index (χ1n) is 6.27. The summed E-state index contributed by atoms with van der Waals surface area (Å²) in [5, 5.41) is 3.78. The van der Waals surface area contributed by atoms with E-state index in [2.05, 4.69) is 23.5 Å². The zero-order valence-electron chi connectivity index (χ0n) is 11.6. The molecule has 1 rings (SSSR count). The summed E-state index contributed by atoms with van der Waals surface area (Å²) in [6.45, 7) is 5.06. The van der Waals surface area contributed by atoms with Crippen molar-refractivity contribution in [1.82, 2.24) is 4.98 Å². The van der Waals surface area contributed by atoms with E-state index < -0.39 is 0 Å². The van der Waals surface area contributed by atoms with Crippen LogP contribution in [-0.4, -0.2) is 35.6 Å². The van der Waals surface area contributed by atoms with Crippen molar-refractivity contribution >= 4 is 29.2 Å². The Hall–Kier alpha value is -1.43. The van der Waals surface area contributed by atoms with Gasteiger partial charge in [-0.15, -0.1) is 0 Å². The number of carbonyl (C=O) groups excluding carboxylic acids is 1. The molecule has 6 heteroatoms. The molecule has 1 unspecified atom stereocenters. The monoisotopic (exact) mass is 283 g/mol. The predicted molar refractivity (Wildman–Crippen MR) is 80.7 cm³/mol. The van der Waals surface area contributed by atoms with Gasteiger partial charge in [0.25, 0.3) is 0 Å². The van der Waals surface area contributed by atoms with Gasteiger partial charge in [0, 0.05) is 11.8 Å². The number of nitrogen functional groups attached to an aromatic ring is 1. The Morgan fingerprint density at radius 3 is 3.00 bits per heavy atom. The summed E-state index contributed by atoms with van der Waals surface area (Å²) in [4.78, 5) is 15.8. The predicted octanol–water partition coefficient (Wildman–Crippen LogP) is 2.39. The maximum absolute atomic E-state index is 11.8. The van der Waals surface area contributed by atoms with Crippen LogP contribution in [0.4, 0.5) is 11.5 Å². The van der Waals surface area contributed by atoms with Crippen LogP contribution in [0.3, 0.4) is 0 Å². The number of nitrogens with one attached hydrogen (secondary N) is 1. The average molecular weight is 283 g/mol. The van der Waals surface area contributed by atoms with Gasteiger partial charge >= 0.3 is 5.97 Å². The van der Waals surface area contributed by atoms with E-state index in [-0.39, 0.29) is 5.97 Å². The van der Waals surface area contributed by atoms with Crippen LogP contribution >= 0.6 is 11.8 Å². The van der Waals surface area contributed by atoms with E-state index in [1.165, 1.54) is 0 Å². The van der Waals surface area contributed by atoms with Crippen molar-refractivity contribution in [3.63, 3.8) is 0 Å². The standard InChI is InChI=1S/C13H21N3O2S/c1-4-18-13(17)10-7-12(14)16-8-11(10)15-6-5-9(2)19-3/h7-9,15H,4-6H2,1-3H3,(H2,14,16). The number of aromatic nitrogens is 1. The fraction of sp³-hybridized carbons (Fsp3) is 0.538. The van der Waals surface area contributed by atoms with Crippen LogP contribution < -0.4 is 11.1 Å². The summed E-state index contributed by atoms with van der Waals surface area (Å²) in [5.41, 5.74) is 6.71. The van der Waals surface area contributed by atoms with Crippen molar-refractivity contribution in [2.24, 2.45) is 0 Å². The number of ether oxygens (including phenoxy) is 1. The minimum absolute atomic E-state index is 0.311. The highest BCUT2D eigenvalue weighted by Gasteiger charge is 2.13. The van der Waals surface area contributed by atoms with Gasteiger partial charge in [-0.1, -0.05) is 6.92 Å². The Kier molecular flexibility index (Phi) is 6.49. The summed E-state index contributed by atoms with van der Waals surface area (Å²) in [7, 11) is 0. The molecule has 0 saturated carbocycles. The summed E-state index contributed by atoms with van der Waals surface area (Å²) < 4.78 is 5.01. The summed E-state index contributed by atoms with van der Waals surface area (Å²) in [6.07, 6.45) is 4.67. The third-order valence-corrected chi connectivity index (χ3v) is 3.73. The van der Waals surface area contributed by atoms with Crippen molar-refractivity contribution < 1.29 is 9.53 Å². The molecular formula is C13H21N3O2S. The molecule has 1 heterocycles. The van der Waals surface area contributed by atoms with Crippen LogP contribution in [0.1, 0.15) is 30.6 Å². The van der Waals surface area contributed by atoms with Gasteiger partial charge < -0.3 is 15.8 Å². The normalized spacial score (nSPS) is 11.9. The largest absolute Gasteiger partial charge is 0.462 e. The number of hydrogen-bond donors (Lipinski definition) is 2. The molecule has 0 aliphatic heterocycles. The fourth-order valence-corrected chi connectivity index (χ4v) is 1.87. The Balaban J connectivity index is 2.73. The number of rotatable bonds is 7. The smallest absolute Gasteiger partial charge is 0.340 e. The van der Waals surface area contributed by atoms with E-state index in [0.717, 1.165) is 13.0 Å². The topological polar surface area (TPSA) is 77.2 Å². The first-order chi connectivity index (χ1) is 9.08. The second kappa shape index (κ2) is 7.89. The number of carbonyl (C=O) groups is 1. The van der Waals surface area contributed by atoms with Gasteiger partial charge in [-0.05, 0) is 25.7 Å². The molecule has 106 valence electrons. The van der Waals surface area contributed by atoms with Gasteiger partial charge in [0.05, 0.1) is 24.1 Å². The quantitative estimate of drug-likeness (QED) is 0.748. The zero-order valence-corrected chi connectivity index (χ0v) is 12.4. The Labute approximate surface area is 118 Å². The number of thioether (sulfide) groups is 1. The molecule has 0 aliphatic rings. The van der Waals surface area contributed by atoms with E-state index in [0.29, 0.717) is 28.9 Å². The van der Waals surface area contributed by atoms with E-state index >= 15 is 0 Å². The van der Waals surface area contributed by atoms with Gasteiger partial charge in [0.1, 0.15) is 5.82 Å². The highest BCUT2D eigenvalue weighted by atomic mass is 32.2. The maximum atomic E-state index is 11.8.